The normalized spacial score (nSPS) is 11.5. The number of hydrogen-bond acceptors (Lipinski definition) is 3. The van der Waals surface area contributed by atoms with Gasteiger partial charge < -0.3 is 13.6 Å². The largest absolute Gasteiger partial charge is 0.530 e. The molecule has 3 nitrogen and oxygen atoms in total. The van der Waals surface area contributed by atoms with Gasteiger partial charge in [0.1, 0.15) is 17.2 Å². The Morgan fingerprint density at radius 2 is 0.349 bits per heavy atom. The minimum atomic E-state index is -2.40. The van der Waals surface area contributed by atoms with Gasteiger partial charge in [-0.05, 0) is 289 Å². The van der Waals surface area contributed by atoms with E-state index in [4.69, 9.17) is 13.6 Å². The van der Waals surface area contributed by atoms with Crippen molar-refractivity contribution in [1.29, 1.82) is 0 Å². The molecule has 0 saturated carbocycles. The predicted molar refractivity (Wildman–Crippen MR) is 464 cm³/mol. The molecule has 0 fully saturated rings. The molecule has 4 heteroatoms. The molecule has 0 spiro atoms. The zero-order chi connectivity index (χ0) is 74.8. The highest BCUT2D eigenvalue weighted by Gasteiger charge is 2.35. The molecular weight excluding hydrogens is 1300 g/mol. The lowest BCUT2D eigenvalue weighted by Gasteiger charge is -2.30. The lowest BCUT2D eigenvalue weighted by molar-refractivity contribution is 0.389. The third-order valence-corrected chi connectivity index (χ3v) is 23.3. The zero-order valence-electron chi connectivity index (χ0n) is 68.2. The van der Waals surface area contributed by atoms with E-state index < -0.39 is 8.60 Å². The molecule has 0 aliphatic carbocycles. The summed E-state index contributed by atoms with van der Waals surface area (Å²) >= 11 is 0. The van der Waals surface area contributed by atoms with Gasteiger partial charge in [0.25, 0.3) is 0 Å². The number of unbranched alkanes of at least 4 members (excludes halogenated alkanes) is 12. The molecule has 9 aromatic rings. The van der Waals surface area contributed by atoms with Crippen LogP contribution >= 0.6 is 8.60 Å². The summed E-state index contributed by atoms with van der Waals surface area (Å²) in [5.74, 6) is 2.55. The predicted octanol–water partition coefficient (Wildman–Crippen LogP) is 31.6. The Morgan fingerprint density at radius 3 is 0.538 bits per heavy atom. The second-order valence-electron chi connectivity index (χ2n) is 30.5. The Hall–Kier alpha value is -7.19. The van der Waals surface area contributed by atoms with Crippen molar-refractivity contribution in [3.8, 4) is 84.0 Å². The molecular formula is C102H135O3P. The zero-order valence-corrected chi connectivity index (χ0v) is 69.1. The maximum absolute atomic E-state index is 8.60. The first-order valence-electron chi connectivity index (χ1n) is 43.1. The summed E-state index contributed by atoms with van der Waals surface area (Å²) in [6.07, 6.45) is 38.2. The van der Waals surface area contributed by atoms with E-state index in [0.717, 1.165) is 248 Å². The van der Waals surface area contributed by atoms with Crippen LogP contribution in [0, 0.1) is 0 Å². The van der Waals surface area contributed by atoms with Crippen LogP contribution in [0.3, 0.4) is 0 Å². The second kappa shape index (κ2) is 44.9. The van der Waals surface area contributed by atoms with E-state index in [1.807, 2.05) is 0 Å². The van der Waals surface area contributed by atoms with Gasteiger partial charge in [-0.15, -0.1) is 0 Å². The second-order valence-corrected chi connectivity index (χ2v) is 31.5. The van der Waals surface area contributed by atoms with Crippen molar-refractivity contribution in [3.63, 3.8) is 0 Å². The molecule has 0 saturated heterocycles. The Kier molecular flexibility index (Phi) is 35.1. The Balaban J connectivity index is 1.54. The topological polar surface area (TPSA) is 27.7 Å². The SMILES string of the molecule is CCCCc1ccccc1-c1c(OP(Oc2cc(CCCC)c(CCCC)c(-c3ccccc3CCCC)c2-c2ccccc2CCCC)Oc2cc(CCCC)c(CCCC)c(-c3ccccc3CCCC)c2-c2ccccc2CCCC)cc(CCCC)c(CCCC)c1-c1ccccc1CCCC. The molecule has 0 heterocycles. The first-order chi connectivity index (χ1) is 52.2. The van der Waals surface area contributed by atoms with Gasteiger partial charge in [0, 0.05) is 16.7 Å². The van der Waals surface area contributed by atoms with E-state index in [-0.39, 0.29) is 0 Å². The maximum atomic E-state index is 8.60. The summed E-state index contributed by atoms with van der Waals surface area (Å²) < 4.78 is 25.8. The van der Waals surface area contributed by atoms with Gasteiger partial charge in [-0.2, -0.15) is 0 Å². The van der Waals surface area contributed by atoms with E-state index in [2.05, 4.69) is 247 Å². The lowest BCUT2D eigenvalue weighted by atomic mass is 9.80. The highest BCUT2D eigenvalue weighted by Crippen LogP contribution is 2.58. The molecule has 9 aromatic carbocycles. The molecule has 0 N–H and O–H groups in total. The first-order valence-corrected chi connectivity index (χ1v) is 44.2. The fraction of sp³-hybridized carbons (Fsp3) is 0.471. The highest BCUT2D eigenvalue weighted by atomic mass is 31.2. The fourth-order valence-corrected chi connectivity index (χ4v) is 17.3. The van der Waals surface area contributed by atoms with Gasteiger partial charge >= 0.3 is 8.60 Å². The smallest absolute Gasteiger partial charge is 0.408 e. The van der Waals surface area contributed by atoms with Gasteiger partial charge in [0.2, 0.25) is 0 Å². The molecule has 0 bridgehead atoms. The molecule has 0 radical (unpaired) electrons. The van der Waals surface area contributed by atoms with Crippen LogP contribution in [0.4, 0.5) is 0 Å². The number of aryl methyl sites for hydroxylation is 9. The van der Waals surface area contributed by atoms with Gasteiger partial charge in [0.15, 0.2) is 0 Å². The van der Waals surface area contributed by atoms with Crippen LogP contribution in [-0.4, -0.2) is 0 Å². The van der Waals surface area contributed by atoms with Gasteiger partial charge in [-0.25, -0.2) is 0 Å². The molecule has 0 amide bonds. The van der Waals surface area contributed by atoms with Crippen molar-refractivity contribution in [1.82, 2.24) is 0 Å². The van der Waals surface area contributed by atoms with Crippen LogP contribution in [0.25, 0.3) is 66.8 Å². The Morgan fingerprint density at radius 1 is 0.189 bits per heavy atom. The monoisotopic (exact) mass is 1440 g/mol. The third kappa shape index (κ3) is 21.6. The van der Waals surface area contributed by atoms with Crippen LogP contribution in [0.1, 0.15) is 304 Å². The summed E-state index contributed by atoms with van der Waals surface area (Å²) in [4.78, 5) is 0. The van der Waals surface area contributed by atoms with Crippen LogP contribution in [0.5, 0.6) is 17.2 Å². The molecule has 0 unspecified atom stereocenters. The molecule has 9 rings (SSSR count). The highest BCUT2D eigenvalue weighted by molar-refractivity contribution is 7.43. The molecule has 566 valence electrons. The van der Waals surface area contributed by atoms with Crippen molar-refractivity contribution in [3.05, 3.63) is 231 Å². The standard InChI is InChI=1S/C102H135O3P/c1-13-25-49-76-58-37-43-67-85(76)97-91(64-34-22-10)82(55-31-19-7)73-94(100(97)88-70-46-40-61-79(88)52-28-16-4)103-106(104-95-74-83(56-32-20-8)92(65-35-23-11)98(86-68-44-38-59-77(86)50-26-14-2)101(95)89-71-47-41-62-80(89)53-29-17-5)105-96-75-84(57-33-21-9)93(66-36-24-12)99(87-69-45-39-60-78(87)51-27-15-3)102(96)90-72-48-42-63-81(90)54-30-18-6/h37-48,58-63,67-75H,13-36,49-57,64-66H2,1-12H3. The van der Waals surface area contributed by atoms with Crippen molar-refractivity contribution >= 4 is 8.60 Å². The number of benzene rings is 9. The van der Waals surface area contributed by atoms with Crippen LogP contribution in [0.2, 0.25) is 0 Å². The lowest BCUT2D eigenvalue weighted by Crippen LogP contribution is -2.11. The molecule has 106 heavy (non-hydrogen) atoms. The minimum Gasteiger partial charge on any atom is -0.408 e. The van der Waals surface area contributed by atoms with Crippen LogP contribution in [0.15, 0.2) is 164 Å². The van der Waals surface area contributed by atoms with E-state index in [1.54, 1.807) is 0 Å². The summed E-state index contributed by atoms with van der Waals surface area (Å²) in [6, 6.07) is 64.1. The number of rotatable bonds is 48. The maximum Gasteiger partial charge on any atom is 0.530 e. The summed E-state index contributed by atoms with van der Waals surface area (Å²) in [5, 5.41) is 0. The summed E-state index contributed by atoms with van der Waals surface area (Å²) in [7, 11) is -2.40. The molecule has 0 aliphatic heterocycles. The van der Waals surface area contributed by atoms with Gasteiger partial charge in [0.05, 0.1) is 0 Å². The summed E-state index contributed by atoms with van der Waals surface area (Å²) in [5.41, 5.74) is 32.1. The van der Waals surface area contributed by atoms with E-state index in [1.165, 1.54) is 134 Å². The van der Waals surface area contributed by atoms with Crippen LogP contribution < -0.4 is 13.6 Å². The van der Waals surface area contributed by atoms with Gasteiger partial charge in [-0.3, -0.25) is 0 Å². The molecule has 0 atom stereocenters. The minimum absolute atomic E-state index is 0.850. The van der Waals surface area contributed by atoms with Crippen LogP contribution in [-0.2, 0) is 77.0 Å². The average Bonchev–Trinajstić information content (AvgIpc) is 0.753. The fourth-order valence-electron chi connectivity index (χ4n) is 16.2. The van der Waals surface area contributed by atoms with E-state index in [0.29, 0.717) is 0 Å². The average molecular weight is 1440 g/mol. The number of hydrogen-bond donors (Lipinski definition) is 0. The Bertz CT molecular complexity index is 3710. The van der Waals surface area contributed by atoms with E-state index in [9.17, 15) is 0 Å². The van der Waals surface area contributed by atoms with Crippen molar-refractivity contribution in [2.24, 2.45) is 0 Å². The van der Waals surface area contributed by atoms with Crippen molar-refractivity contribution in [2.45, 2.75) is 314 Å². The third-order valence-electron chi connectivity index (χ3n) is 22.3. The molecule has 0 aliphatic rings. The van der Waals surface area contributed by atoms with Crippen molar-refractivity contribution in [2.75, 3.05) is 0 Å². The van der Waals surface area contributed by atoms with E-state index >= 15 is 0 Å². The molecule has 0 aromatic heterocycles. The Labute approximate surface area is 647 Å². The quantitative estimate of drug-likeness (QED) is 0.0356. The summed E-state index contributed by atoms with van der Waals surface area (Å²) in [6.45, 7) is 28.2. The van der Waals surface area contributed by atoms with Crippen molar-refractivity contribution < 1.29 is 13.6 Å². The van der Waals surface area contributed by atoms with Gasteiger partial charge in [-0.1, -0.05) is 306 Å². The first kappa shape index (κ1) is 82.9.